The van der Waals surface area contributed by atoms with Gasteiger partial charge in [-0.15, -0.1) is 15.3 Å². The number of hydrogen-bond donors (Lipinski definition) is 5. The van der Waals surface area contributed by atoms with Gasteiger partial charge >= 0.3 is 0 Å². The summed E-state index contributed by atoms with van der Waals surface area (Å²) in [6.07, 6.45) is 2.30. The van der Waals surface area contributed by atoms with E-state index in [0.717, 1.165) is 35.1 Å². The summed E-state index contributed by atoms with van der Waals surface area (Å²) in [4.78, 5) is -2.13. The molecule has 0 amide bonds. The summed E-state index contributed by atoms with van der Waals surface area (Å²) in [7, 11) is -18.5. The topological polar surface area (TPSA) is 308 Å². The van der Waals surface area contributed by atoms with Crippen LogP contribution in [0, 0.1) is 6.92 Å². The quantitative estimate of drug-likeness (QED) is 0.0522. The average Bonchev–Trinajstić information content (AvgIpc) is 3.54. The van der Waals surface area contributed by atoms with Crippen LogP contribution < -0.4 is 10.5 Å². The Hall–Kier alpha value is -5.66. The lowest BCUT2D eigenvalue weighted by Gasteiger charge is -2.09. The average molecular weight is 831 g/mol. The number of methoxy groups -OCH3 is 1. The minimum Gasteiger partial charge on any atom is -0.492 e. The highest BCUT2D eigenvalue weighted by molar-refractivity contribution is 7.87. The van der Waals surface area contributed by atoms with Gasteiger partial charge in [0.2, 0.25) is 0 Å². The number of ether oxygens (including phenoxy) is 1. The molecule has 0 aliphatic rings. The van der Waals surface area contributed by atoms with Crippen LogP contribution in [-0.4, -0.2) is 74.0 Å². The Balaban J connectivity index is 1.41. The standard InChI is InChI=1S/C32H26N6O13S4/c1-17-3-11-25(33)32(51-2)30(17)35-34-20-8-6-18(27(13-20)53(42,43)44)4-5-19-7-9-21(14-28(19)54(45,46)47)38-36-26-12-10-23-24(31(26)37-38)15-22(52(39,40)41)16-29(23)55(48,49)50/h3-16H,33H2,1-2H3,(H,39,40,41)(H,42,43,44)(H,45,46,47)(H,48,49,50)/b5-4+,35-34?. The van der Waals surface area contributed by atoms with Gasteiger partial charge in [-0.1, -0.05) is 36.4 Å². The van der Waals surface area contributed by atoms with Crippen molar-refractivity contribution in [1.29, 1.82) is 0 Å². The van der Waals surface area contributed by atoms with Crippen molar-refractivity contribution in [1.82, 2.24) is 15.0 Å². The SMILES string of the molecule is COc1c(N)ccc(C)c1N=Nc1ccc(/C=C/c2ccc(-n3nc4ccc5c(S(=O)(=O)O)cc(S(=O)(=O)O)cc5c4n3)cc2S(=O)(=O)O)c(S(=O)(=O)O)c1. The molecule has 0 aliphatic carbocycles. The van der Waals surface area contributed by atoms with E-state index in [-0.39, 0.29) is 61.4 Å². The molecule has 0 atom stereocenters. The van der Waals surface area contributed by atoms with E-state index >= 15 is 0 Å². The lowest BCUT2D eigenvalue weighted by Crippen LogP contribution is -2.05. The maximum absolute atomic E-state index is 12.5. The molecule has 6 N–H and O–H groups in total. The number of fused-ring (bicyclic) bond motifs is 3. The molecule has 0 radical (unpaired) electrons. The first kappa shape index (κ1) is 39.0. The van der Waals surface area contributed by atoms with Crippen LogP contribution in [0.3, 0.4) is 0 Å². The fourth-order valence-corrected chi connectivity index (χ4v) is 8.24. The summed E-state index contributed by atoms with van der Waals surface area (Å²) in [6.45, 7) is 1.73. The van der Waals surface area contributed by atoms with Crippen LogP contribution in [0.2, 0.25) is 0 Å². The number of hydrogen-bond acceptors (Lipinski definition) is 14. The molecular formula is C32H26N6O13S4. The third-order valence-electron chi connectivity index (χ3n) is 8.05. The van der Waals surface area contributed by atoms with Gasteiger partial charge in [0.15, 0.2) is 5.75 Å². The molecule has 0 aliphatic heterocycles. The smallest absolute Gasteiger partial charge is 0.295 e. The number of aromatic nitrogens is 3. The molecule has 0 spiro atoms. The summed E-state index contributed by atoms with van der Waals surface area (Å²) >= 11 is 0. The van der Waals surface area contributed by atoms with Gasteiger partial charge in [-0.05, 0) is 72.1 Å². The third kappa shape index (κ3) is 7.94. The van der Waals surface area contributed by atoms with Crippen molar-refractivity contribution in [3.8, 4) is 11.4 Å². The van der Waals surface area contributed by atoms with E-state index in [0.29, 0.717) is 11.6 Å². The van der Waals surface area contributed by atoms with Gasteiger partial charge < -0.3 is 10.5 Å². The molecule has 0 bridgehead atoms. The first-order valence-corrected chi connectivity index (χ1v) is 20.9. The molecule has 23 heteroatoms. The van der Waals surface area contributed by atoms with Crippen LogP contribution >= 0.6 is 0 Å². The van der Waals surface area contributed by atoms with Crippen LogP contribution in [0.4, 0.5) is 17.1 Å². The van der Waals surface area contributed by atoms with E-state index in [2.05, 4.69) is 20.4 Å². The van der Waals surface area contributed by atoms with Gasteiger partial charge in [-0.2, -0.15) is 43.6 Å². The number of anilines is 1. The van der Waals surface area contributed by atoms with Crippen molar-refractivity contribution >= 4 is 91.5 Å². The molecule has 5 aromatic carbocycles. The van der Waals surface area contributed by atoms with Gasteiger partial charge in [0, 0.05) is 10.8 Å². The summed E-state index contributed by atoms with van der Waals surface area (Å²) in [6, 6.07) is 14.4. The first-order chi connectivity index (χ1) is 25.6. The molecule has 19 nitrogen and oxygen atoms in total. The Morgan fingerprint density at radius 3 is 1.89 bits per heavy atom. The van der Waals surface area contributed by atoms with Gasteiger partial charge in [0.25, 0.3) is 40.5 Å². The molecule has 0 saturated carbocycles. The molecule has 0 fully saturated rings. The summed E-state index contributed by atoms with van der Waals surface area (Å²) in [5.41, 5.74) is 6.76. The molecule has 1 aromatic heterocycles. The van der Waals surface area contributed by atoms with Crippen molar-refractivity contribution in [2.75, 3.05) is 12.8 Å². The monoisotopic (exact) mass is 830 g/mol. The van der Waals surface area contributed by atoms with Crippen molar-refractivity contribution in [3.63, 3.8) is 0 Å². The number of nitrogen functional groups attached to an aromatic ring is 1. The van der Waals surface area contributed by atoms with Gasteiger partial charge in [0.05, 0.1) is 29.1 Å². The van der Waals surface area contributed by atoms with Crippen molar-refractivity contribution in [2.45, 2.75) is 26.5 Å². The van der Waals surface area contributed by atoms with E-state index < -0.39 is 60.1 Å². The second kappa shape index (κ2) is 13.9. The fourth-order valence-electron chi connectivity index (χ4n) is 5.50. The van der Waals surface area contributed by atoms with Crippen molar-refractivity contribution < 1.29 is 56.6 Å². The zero-order valence-electron chi connectivity index (χ0n) is 28.0. The first-order valence-electron chi connectivity index (χ1n) is 15.1. The third-order valence-corrected chi connectivity index (χ3v) is 11.6. The molecule has 6 aromatic rings. The number of benzene rings is 5. The summed E-state index contributed by atoms with van der Waals surface area (Å²) in [5, 5.41) is 16.3. The lowest BCUT2D eigenvalue weighted by atomic mass is 10.1. The van der Waals surface area contributed by atoms with Gasteiger partial charge in [-0.25, -0.2) is 0 Å². The van der Waals surface area contributed by atoms with E-state index in [1.165, 1.54) is 43.5 Å². The minimum absolute atomic E-state index is 0.00642. The van der Waals surface area contributed by atoms with Crippen LogP contribution in [0.5, 0.6) is 5.75 Å². The predicted molar refractivity (Wildman–Crippen MR) is 197 cm³/mol. The molecule has 6 rings (SSSR count). The minimum atomic E-state index is -5.01. The van der Waals surface area contributed by atoms with E-state index in [4.69, 9.17) is 10.5 Å². The molecule has 0 unspecified atom stereocenters. The van der Waals surface area contributed by atoms with Crippen molar-refractivity contribution in [3.05, 3.63) is 89.5 Å². The van der Waals surface area contributed by atoms with Crippen LogP contribution in [0.25, 0.3) is 39.6 Å². The highest BCUT2D eigenvalue weighted by Crippen LogP contribution is 2.38. The van der Waals surface area contributed by atoms with Crippen LogP contribution in [0.15, 0.2) is 103 Å². The number of nitrogens with two attached hydrogens (primary N) is 1. The zero-order chi connectivity index (χ0) is 40.2. The highest BCUT2D eigenvalue weighted by atomic mass is 32.2. The zero-order valence-corrected chi connectivity index (χ0v) is 31.3. The molecule has 286 valence electrons. The van der Waals surface area contributed by atoms with Gasteiger partial charge in [-0.3, -0.25) is 18.2 Å². The normalized spacial score (nSPS) is 13.1. The Bertz CT molecular complexity index is 3110. The second-order valence-corrected chi connectivity index (χ2v) is 17.3. The highest BCUT2D eigenvalue weighted by Gasteiger charge is 2.24. The number of aryl methyl sites for hydroxylation is 1. The number of nitrogens with zero attached hydrogens (tertiary/aromatic N) is 5. The summed E-state index contributed by atoms with van der Waals surface area (Å²) in [5.74, 6) is 0.243. The Morgan fingerprint density at radius 1 is 0.673 bits per heavy atom. The number of azo groups is 1. The fraction of sp³-hybridized carbons (Fsp3) is 0.0625. The largest absolute Gasteiger partial charge is 0.492 e. The Kier molecular flexibility index (Phi) is 9.86. The number of rotatable bonds is 10. The van der Waals surface area contributed by atoms with E-state index in [1.54, 1.807) is 19.1 Å². The Labute approximate surface area is 312 Å². The lowest BCUT2D eigenvalue weighted by molar-refractivity contribution is 0.417. The van der Waals surface area contributed by atoms with Gasteiger partial charge in [0.1, 0.15) is 31.4 Å². The second-order valence-electron chi connectivity index (χ2n) is 11.7. The van der Waals surface area contributed by atoms with E-state index in [1.807, 2.05) is 0 Å². The predicted octanol–water partition coefficient (Wildman–Crippen LogP) is 5.05. The van der Waals surface area contributed by atoms with Crippen molar-refractivity contribution in [2.24, 2.45) is 10.2 Å². The molecular weight excluding hydrogens is 805 g/mol. The maximum atomic E-state index is 12.5. The van der Waals surface area contributed by atoms with Crippen LogP contribution in [-0.2, 0) is 40.5 Å². The van der Waals surface area contributed by atoms with Crippen LogP contribution in [0.1, 0.15) is 16.7 Å². The molecule has 1 heterocycles. The maximum Gasteiger partial charge on any atom is 0.295 e. The molecule has 55 heavy (non-hydrogen) atoms. The van der Waals surface area contributed by atoms with E-state index in [9.17, 15) is 51.9 Å². The summed E-state index contributed by atoms with van der Waals surface area (Å²) < 4.78 is 143. The molecule has 0 saturated heterocycles. The Morgan fingerprint density at radius 2 is 1.29 bits per heavy atom.